The van der Waals surface area contributed by atoms with Gasteiger partial charge < -0.3 is 15.0 Å². The molecule has 1 fully saturated rings. The first kappa shape index (κ1) is 37.7. The normalized spacial score (nSPS) is 14.1. The van der Waals surface area contributed by atoms with Crippen LogP contribution in [0.1, 0.15) is 50.2 Å². The van der Waals surface area contributed by atoms with Crippen LogP contribution in [0, 0.1) is 0 Å². The van der Waals surface area contributed by atoms with Crippen molar-refractivity contribution in [1.29, 1.82) is 0 Å². The van der Waals surface area contributed by atoms with Crippen LogP contribution in [0.5, 0.6) is 5.75 Å². The van der Waals surface area contributed by atoms with E-state index in [-0.39, 0.29) is 35.5 Å². The Balaban J connectivity index is 1.57. The van der Waals surface area contributed by atoms with Crippen LogP contribution >= 0.6 is 39.1 Å². The number of carbonyl (C=O) groups is 2. The number of nitrogens with one attached hydrogen (secondary N) is 1. The lowest BCUT2D eigenvalue weighted by Crippen LogP contribution is -2.55. The number of halogens is 3. The number of amides is 2. The van der Waals surface area contributed by atoms with Crippen molar-refractivity contribution in [3.8, 4) is 5.75 Å². The van der Waals surface area contributed by atoms with Gasteiger partial charge in [0.2, 0.25) is 11.8 Å². The van der Waals surface area contributed by atoms with Crippen molar-refractivity contribution in [1.82, 2.24) is 10.2 Å². The fourth-order valence-electron chi connectivity index (χ4n) is 6.07. The summed E-state index contributed by atoms with van der Waals surface area (Å²) in [6.07, 6.45) is 5.10. The summed E-state index contributed by atoms with van der Waals surface area (Å²) in [5.41, 5.74) is 1.76. The molecule has 0 saturated heterocycles. The van der Waals surface area contributed by atoms with Gasteiger partial charge in [-0.15, -0.1) is 0 Å². The third-order valence-electron chi connectivity index (χ3n) is 8.68. The third-order valence-corrected chi connectivity index (χ3v) is 11.7. The number of carbonyl (C=O) groups excluding carboxylic acids is 2. The number of rotatable bonds is 14. The molecule has 0 heterocycles. The first-order chi connectivity index (χ1) is 24.0. The minimum Gasteiger partial charge on any atom is -0.494 e. The van der Waals surface area contributed by atoms with Gasteiger partial charge in [0, 0.05) is 23.5 Å². The molecule has 1 aliphatic carbocycles. The number of sulfonamides is 1. The summed E-state index contributed by atoms with van der Waals surface area (Å²) < 4.78 is 36.0. The highest BCUT2D eigenvalue weighted by atomic mass is 79.9. The van der Waals surface area contributed by atoms with Crippen LogP contribution in [0.3, 0.4) is 0 Å². The van der Waals surface area contributed by atoms with Crippen LogP contribution in [0.4, 0.5) is 5.69 Å². The Labute approximate surface area is 312 Å². The monoisotopic (exact) mass is 799 g/mol. The molecule has 1 saturated carbocycles. The van der Waals surface area contributed by atoms with E-state index in [9.17, 15) is 18.0 Å². The van der Waals surface area contributed by atoms with Gasteiger partial charge in [-0.3, -0.25) is 13.9 Å². The standard InChI is InChI=1S/C38H40BrCl2N3O5S/c1-2-49-32-18-16-31(17-19-32)44(50(47,48)33-20-14-29(39)15-21-33)26-37(45)43(25-28-13-22-34(40)35(41)23-28)36(24-27-9-5-3-6-10-27)38(46)42-30-11-7-4-8-12-30/h3,5-6,9-10,13-23,30,36H,2,4,7-8,11-12,24-26H2,1H3,(H,42,46)/t36-/m0/s1. The van der Waals surface area contributed by atoms with Gasteiger partial charge in [0.05, 0.1) is 27.2 Å². The SMILES string of the molecule is CCOc1ccc(N(CC(=O)N(Cc2ccc(Cl)c(Cl)c2)[C@@H](Cc2ccccc2)C(=O)NC2CCCCC2)S(=O)(=O)c2ccc(Br)cc2)cc1. The number of nitrogens with zero attached hydrogens (tertiary/aromatic N) is 2. The van der Waals surface area contributed by atoms with Crippen molar-refractivity contribution >= 4 is 66.7 Å². The number of hydrogen-bond acceptors (Lipinski definition) is 5. The van der Waals surface area contributed by atoms with E-state index in [1.165, 1.54) is 17.0 Å². The minimum absolute atomic E-state index is 0.00501. The summed E-state index contributed by atoms with van der Waals surface area (Å²) in [5.74, 6) is -0.296. The summed E-state index contributed by atoms with van der Waals surface area (Å²) in [4.78, 5) is 30.5. The third kappa shape index (κ3) is 9.81. The Kier molecular flexibility index (Phi) is 13.2. The molecule has 1 aliphatic rings. The topological polar surface area (TPSA) is 96.0 Å². The van der Waals surface area contributed by atoms with Crippen LogP contribution in [0.15, 0.2) is 106 Å². The smallest absolute Gasteiger partial charge is 0.264 e. The zero-order valence-electron chi connectivity index (χ0n) is 27.7. The van der Waals surface area contributed by atoms with Crippen molar-refractivity contribution in [3.05, 3.63) is 123 Å². The second kappa shape index (κ2) is 17.6. The molecule has 0 bridgehead atoms. The number of hydrogen-bond donors (Lipinski definition) is 1. The van der Waals surface area contributed by atoms with E-state index in [1.807, 2.05) is 37.3 Å². The summed E-state index contributed by atoms with van der Waals surface area (Å²) >= 11 is 16.0. The molecule has 1 N–H and O–H groups in total. The highest BCUT2D eigenvalue weighted by Gasteiger charge is 2.35. The lowest BCUT2D eigenvalue weighted by atomic mass is 9.94. The molecule has 12 heteroatoms. The van der Waals surface area contributed by atoms with Gasteiger partial charge in [0.25, 0.3) is 10.0 Å². The van der Waals surface area contributed by atoms with Gasteiger partial charge in [0.15, 0.2) is 0 Å². The highest BCUT2D eigenvalue weighted by Crippen LogP contribution is 2.29. The number of anilines is 1. The molecule has 8 nitrogen and oxygen atoms in total. The summed E-state index contributed by atoms with van der Waals surface area (Å²) in [5, 5.41) is 3.87. The van der Waals surface area contributed by atoms with Crippen LogP contribution in [-0.2, 0) is 32.6 Å². The van der Waals surface area contributed by atoms with E-state index in [0.717, 1.165) is 42.0 Å². The van der Waals surface area contributed by atoms with E-state index < -0.39 is 28.5 Å². The molecule has 0 unspecified atom stereocenters. The average Bonchev–Trinajstić information content (AvgIpc) is 3.11. The van der Waals surface area contributed by atoms with Gasteiger partial charge in [-0.2, -0.15) is 0 Å². The zero-order chi connectivity index (χ0) is 35.7. The molecule has 0 aromatic heterocycles. The molecule has 0 spiro atoms. The summed E-state index contributed by atoms with van der Waals surface area (Å²) in [6.45, 7) is 1.71. The Morgan fingerprint density at radius 3 is 2.20 bits per heavy atom. The van der Waals surface area contributed by atoms with E-state index in [1.54, 1.807) is 54.6 Å². The quantitative estimate of drug-likeness (QED) is 0.138. The first-order valence-electron chi connectivity index (χ1n) is 16.6. The van der Waals surface area contributed by atoms with Crippen molar-refractivity contribution in [2.75, 3.05) is 17.5 Å². The predicted octanol–water partition coefficient (Wildman–Crippen LogP) is 8.44. The van der Waals surface area contributed by atoms with Gasteiger partial charge in [-0.1, -0.05) is 94.8 Å². The molecule has 0 radical (unpaired) electrons. The largest absolute Gasteiger partial charge is 0.494 e. The van der Waals surface area contributed by atoms with Crippen molar-refractivity contribution in [2.45, 2.75) is 69.0 Å². The molecule has 5 rings (SSSR count). The fraction of sp³-hybridized carbons (Fsp3) is 0.316. The summed E-state index contributed by atoms with van der Waals surface area (Å²) in [7, 11) is -4.25. The van der Waals surface area contributed by atoms with Crippen LogP contribution in [-0.4, -0.2) is 50.4 Å². The highest BCUT2D eigenvalue weighted by molar-refractivity contribution is 9.10. The van der Waals surface area contributed by atoms with E-state index in [4.69, 9.17) is 27.9 Å². The maximum Gasteiger partial charge on any atom is 0.264 e. The van der Waals surface area contributed by atoms with Crippen LogP contribution in [0.25, 0.3) is 0 Å². The lowest BCUT2D eigenvalue weighted by molar-refractivity contribution is -0.140. The first-order valence-corrected chi connectivity index (χ1v) is 19.6. The van der Waals surface area contributed by atoms with Crippen molar-refractivity contribution < 1.29 is 22.7 Å². The molecule has 4 aromatic rings. The second-order valence-corrected chi connectivity index (χ2v) is 15.8. The molecular formula is C38H40BrCl2N3O5S. The number of benzene rings is 4. The maximum absolute atomic E-state index is 14.8. The molecule has 264 valence electrons. The Morgan fingerprint density at radius 2 is 1.56 bits per heavy atom. The van der Waals surface area contributed by atoms with Gasteiger partial charge in [-0.05, 0) is 91.6 Å². The van der Waals surface area contributed by atoms with E-state index in [2.05, 4.69) is 21.2 Å². The molecule has 1 atom stereocenters. The second-order valence-electron chi connectivity index (χ2n) is 12.2. The van der Waals surface area contributed by atoms with Gasteiger partial charge in [0.1, 0.15) is 18.3 Å². The zero-order valence-corrected chi connectivity index (χ0v) is 31.6. The molecule has 2 amide bonds. The number of ether oxygens (including phenoxy) is 1. The van der Waals surface area contributed by atoms with Crippen molar-refractivity contribution in [2.24, 2.45) is 0 Å². The van der Waals surface area contributed by atoms with Crippen LogP contribution in [0.2, 0.25) is 10.0 Å². The molecule has 50 heavy (non-hydrogen) atoms. The Hall–Kier alpha value is -3.57. The molecular weight excluding hydrogens is 761 g/mol. The van der Waals surface area contributed by atoms with E-state index >= 15 is 0 Å². The van der Waals surface area contributed by atoms with Gasteiger partial charge in [-0.25, -0.2) is 8.42 Å². The Bertz CT molecular complexity index is 1860. The summed E-state index contributed by atoms with van der Waals surface area (Å²) in [6, 6.07) is 26.3. The van der Waals surface area contributed by atoms with Crippen LogP contribution < -0.4 is 14.4 Å². The average molecular weight is 802 g/mol. The predicted molar refractivity (Wildman–Crippen MR) is 202 cm³/mol. The fourth-order valence-corrected chi connectivity index (χ4v) is 8.07. The lowest BCUT2D eigenvalue weighted by Gasteiger charge is -2.35. The Morgan fingerprint density at radius 1 is 0.880 bits per heavy atom. The van der Waals surface area contributed by atoms with E-state index in [0.29, 0.717) is 32.4 Å². The molecule has 4 aromatic carbocycles. The minimum atomic E-state index is -4.25. The maximum atomic E-state index is 14.8. The molecule has 0 aliphatic heterocycles. The van der Waals surface area contributed by atoms with Crippen molar-refractivity contribution in [3.63, 3.8) is 0 Å². The van der Waals surface area contributed by atoms with Gasteiger partial charge >= 0.3 is 0 Å².